The number of rotatable bonds is 3. The Morgan fingerprint density at radius 2 is 2.15 bits per heavy atom. The van der Waals surface area contributed by atoms with E-state index >= 15 is 0 Å². The summed E-state index contributed by atoms with van der Waals surface area (Å²) in [4.78, 5) is 15.7. The van der Waals surface area contributed by atoms with Gasteiger partial charge in [0.25, 0.3) is 0 Å². The molecule has 20 heavy (non-hydrogen) atoms. The van der Waals surface area contributed by atoms with Crippen molar-refractivity contribution in [2.45, 2.75) is 31.8 Å². The molecule has 0 aliphatic carbocycles. The Bertz CT molecular complexity index is 634. The molecule has 1 aliphatic rings. The second-order valence-electron chi connectivity index (χ2n) is 5.20. The number of hydrogen-bond donors (Lipinski definition) is 2. The summed E-state index contributed by atoms with van der Waals surface area (Å²) in [5.74, 6) is -0.155. The van der Waals surface area contributed by atoms with Gasteiger partial charge in [-0.2, -0.15) is 0 Å². The predicted molar refractivity (Wildman–Crippen MR) is 74.7 cm³/mol. The van der Waals surface area contributed by atoms with Gasteiger partial charge in [-0.1, -0.05) is 30.3 Å². The van der Waals surface area contributed by atoms with E-state index in [1.54, 1.807) is 0 Å². The summed E-state index contributed by atoms with van der Waals surface area (Å²) >= 11 is 0. The molecule has 5 heteroatoms. The maximum Gasteiger partial charge on any atom is 0.356 e. The summed E-state index contributed by atoms with van der Waals surface area (Å²) in [6.07, 6.45) is 2.10. The van der Waals surface area contributed by atoms with Crippen molar-refractivity contribution in [3.8, 4) is 0 Å². The van der Waals surface area contributed by atoms with Crippen LogP contribution in [0.15, 0.2) is 30.3 Å². The van der Waals surface area contributed by atoms with Crippen LogP contribution in [0.5, 0.6) is 0 Å². The summed E-state index contributed by atoms with van der Waals surface area (Å²) in [5.41, 5.74) is 8.00. The molecule has 104 valence electrons. The summed E-state index contributed by atoms with van der Waals surface area (Å²) in [6, 6.07) is 9.99. The van der Waals surface area contributed by atoms with Crippen LogP contribution in [-0.4, -0.2) is 26.7 Å². The van der Waals surface area contributed by atoms with Gasteiger partial charge in [0.2, 0.25) is 0 Å². The monoisotopic (exact) mass is 271 g/mol. The maximum absolute atomic E-state index is 11.3. The minimum Gasteiger partial charge on any atom is -0.476 e. The van der Waals surface area contributed by atoms with E-state index in [1.807, 2.05) is 34.9 Å². The van der Waals surface area contributed by atoms with Crippen LogP contribution in [0.2, 0.25) is 0 Å². The Labute approximate surface area is 117 Å². The lowest BCUT2D eigenvalue weighted by Gasteiger charge is -2.22. The molecular weight excluding hydrogens is 254 g/mol. The molecule has 3 N–H and O–H groups in total. The van der Waals surface area contributed by atoms with Gasteiger partial charge in [-0.05, 0) is 12.0 Å². The van der Waals surface area contributed by atoms with Gasteiger partial charge in [-0.3, -0.25) is 0 Å². The molecule has 1 aromatic carbocycles. The third-order valence-corrected chi connectivity index (χ3v) is 3.74. The zero-order valence-corrected chi connectivity index (χ0v) is 11.1. The SMILES string of the molecule is NC1CCn2c(Cc3ccccc3)nc(C(=O)O)c2C1. The lowest BCUT2D eigenvalue weighted by Crippen LogP contribution is -2.32. The Morgan fingerprint density at radius 1 is 1.40 bits per heavy atom. The summed E-state index contributed by atoms with van der Waals surface area (Å²) in [5, 5.41) is 9.29. The van der Waals surface area contributed by atoms with Crippen molar-refractivity contribution in [3.63, 3.8) is 0 Å². The smallest absolute Gasteiger partial charge is 0.356 e. The fourth-order valence-corrected chi connectivity index (χ4v) is 2.74. The number of imidazole rings is 1. The number of nitrogens with zero attached hydrogens (tertiary/aromatic N) is 2. The van der Waals surface area contributed by atoms with E-state index in [9.17, 15) is 9.90 Å². The number of aromatic carboxylic acids is 1. The zero-order chi connectivity index (χ0) is 14.1. The topological polar surface area (TPSA) is 81.1 Å². The first kappa shape index (κ1) is 12.9. The molecule has 0 saturated carbocycles. The molecule has 5 nitrogen and oxygen atoms in total. The van der Waals surface area contributed by atoms with Crippen molar-refractivity contribution in [1.29, 1.82) is 0 Å². The van der Waals surface area contributed by atoms with Crippen LogP contribution in [0.1, 0.15) is 34.0 Å². The molecule has 2 aromatic rings. The average Bonchev–Trinajstić information content (AvgIpc) is 2.78. The fourth-order valence-electron chi connectivity index (χ4n) is 2.74. The number of nitrogens with two attached hydrogens (primary N) is 1. The van der Waals surface area contributed by atoms with Crippen molar-refractivity contribution in [2.75, 3.05) is 0 Å². The highest BCUT2D eigenvalue weighted by Gasteiger charge is 2.26. The second kappa shape index (κ2) is 5.09. The Morgan fingerprint density at radius 3 is 2.85 bits per heavy atom. The van der Waals surface area contributed by atoms with Crippen molar-refractivity contribution in [1.82, 2.24) is 9.55 Å². The standard InChI is InChI=1S/C15H17N3O2/c16-11-6-7-18-12(9-11)14(15(19)20)17-13(18)8-10-4-2-1-3-5-10/h1-5,11H,6-9,16H2,(H,19,20). The fraction of sp³-hybridized carbons (Fsp3) is 0.333. The number of carboxylic acids is 1. The van der Waals surface area contributed by atoms with Gasteiger partial charge in [0.1, 0.15) is 5.82 Å². The van der Waals surface area contributed by atoms with Crippen LogP contribution in [0.4, 0.5) is 0 Å². The van der Waals surface area contributed by atoms with Gasteiger partial charge in [-0.25, -0.2) is 9.78 Å². The lowest BCUT2D eigenvalue weighted by atomic mass is 10.0. The average molecular weight is 271 g/mol. The highest BCUT2D eigenvalue weighted by atomic mass is 16.4. The van der Waals surface area contributed by atoms with E-state index < -0.39 is 5.97 Å². The number of hydrogen-bond acceptors (Lipinski definition) is 3. The second-order valence-corrected chi connectivity index (χ2v) is 5.20. The number of fused-ring (bicyclic) bond motifs is 1. The molecule has 0 radical (unpaired) electrons. The van der Waals surface area contributed by atoms with E-state index in [2.05, 4.69) is 4.98 Å². The molecule has 0 bridgehead atoms. The lowest BCUT2D eigenvalue weighted by molar-refractivity contribution is 0.0689. The van der Waals surface area contributed by atoms with Crippen LogP contribution in [0, 0.1) is 0 Å². The first-order valence-electron chi connectivity index (χ1n) is 6.76. The first-order valence-corrected chi connectivity index (χ1v) is 6.76. The summed E-state index contributed by atoms with van der Waals surface area (Å²) < 4.78 is 2.03. The third kappa shape index (κ3) is 2.32. The van der Waals surface area contributed by atoms with Crippen molar-refractivity contribution in [2.24, 2.45) is 5.73 Å². The van der Waals surface area contributed by atoms with Gasteiger partial charge >= 0.3 is 5.97 Å². The van der Waals surface area contributed by atoms with E-state index in [1.165, 1.54) is 0 Å². The van der Waals surface area contributed by atoms with E-state index in [4.69, 9.17) is 5.73 Å². The molecule has 0 fully saturated rings. The number of aromatic nitrogens is 2. The minimum atomic E-state index is -0.970. The molecule has 2 heterocycles. The Kier molecular flexibility index (Phi) is 3.28. The Balaban J connectivity index is 1.99. The summed E-state index contributed by atoms with van der Waals surface area (Å²) in [7, 11) is 0. The zero-order valence-electron chi connectivity index (χ0n) is 11.1. The minimum absolute atomic E-state index is 0.0295. The molecule has 3 rings (SSSR count). The van der Waals surface area contributed by atoms with Crippen LogP contribution < -0.4 is 5.73 Å². The largest absolute Gasteiger partial charge is 0.476 e. The highest BCUT2D eigenvalue weighted by Crippen LogP contribution is 2.22. The molecule has 1 aliphatic heterocycles. The summed E-state index contributed by atoms with van der Waals surface area (Å²) in [6.45, 7) is 0.749. The molecule has 1 aromatic heterocycles. The number of benzene rings is 1. The van der Waals surface area contributed by atoms with Crippen LogP contribution in [-0.2, 0) is 19.4 Å². The van der Waals surface area contributed by atoms with Crippen LogP contribution >= 0.6 is 0 Å². The number of carbonyl (C=O) groups is 1. The van der Waals surface area contributed by atoms with Crippen molar-refractivity contribution < 1.29 is 9.90 Å². The Hall–Kier alpha value is -2.14. The van der Waals surface area contributed by atoms with Crippen LogP contribution in [0.3, 0.4) is 0 Å². The molecule has 1 unspecified atom stereocenters. The van der Waals surface area contributed by atoms with E-state index in [0.29, 0.717) is 12.8 Å². The van der Waals surface area contributed by atoms with Gasteiger partial charge in [0, 0.05) is 25.4 Å². The van der Waals surface area contributed by atoms with Gasteiger partial charge < -0.3 is 15.4 Å². The third-order valence-electron chi connectivity index (χ3n) is 3.74. The molecule has 0 saturated heterocycles. The van der Waals surface area contributed by atoms with Crippen molar-refractivity contribution in [3.05, 3.63) is 53.1 Å². The van der Waals surface area contributed by atoms with Gasteiger partial charge in [-0.15, -0.1) is 0 Å². The van der Waals surface area contributed by atoms with Crippen LogP contribution in [0.25, 0.3) is 0 Å². The van der Waals surface area contributed by atoms with Gasteiger partial charge in [0.05, 0.1) is 5.69 Å². The van der Waals surface area contributed by atoms with E-state index in [-0.39, 0.29) is 11.7 Å². The van der Waals surface area contributed by atoms with E-state index in [0.717, 1.165) is 30.0 Å². The predicted octanol–water partition coefficient (Wildman–Crippen LogP) is 1.45. The molecular formula is C15H17N3O2. The normalized spacial score (nSPS) is 17.8. The van der Waals surface area contributed by atoms with Gasteiger partial charge in [0.15, 0.2) is 5.69 Å². The highest BCUT2D eigenvalue weighted by molar-refractivity contribution is 5.87. The quantitative estimate of drug-likeness (QED) is 0.885. The molecule has 0 amide bonds. The molecule has 0 spiro atoms. The first-order chi connectivity index (χ1) is 9.65. The number of carboxylic acid groups (broad SMARTS) is 1. The maximum atomic E-state index is 11.3. The van der Waals surface area contributed by atoms with Crippen molar-refractivity contribution >= 4 is 5.97 Å². The molecule has 1 atom stereocenters.